The van der Waals surface area contributed by atoms with Crippen molar-refractivity contribution in [2.24, 2.45) is 7.05 Å². The second-order valence-corrected chi connectivity index (χ2v) is 8.23. The van der Waals surface area contributed by atoms with E-state index in [4.69, 9.17) is 16.3 Å². The standard InChI is InChI=1S/C25H23BClN3O4/c1-16(21-5-3-4-6-22(21)27)34-25(31)29-24-23(28-15-30(24)2)19-9-7-17(8-10-19)18-11-13-20(14-12-18)26(32)33/h3-16,32-33H,1-2H3,(H,29,31). The van der Waals surface area contributed by atoms with E-state index in [0.717, 1.165) is 22.3 Å². The molecular formula is C25H23BClN3O4. The number of imidazole rings is 1. The van der Waals surface area contributed by atoms with Crippen molar-refractivity contribution >= 4 is 36.1 Å². The smallest absolute Gasteiger partial charge is 0.441 e. The Morgan fingerprint density at radius 3 is 2.21 bits per heavy atom. The number of anilines is 1. The summed E-state index contributed by atoms with van der Waals surface area (Å²) < 4.78 is 7.24. The summed E-state index contributed by atoms with van der Waals surface area (Å²) in [5, 5.41) is 21.8. The number of halogens is 1. The third-order valence-corrected chi connectivity index (χ3v) is 5.83. The highest BCUT2D eigenvalue weighted by atomic mass is 35.5. The highest BCUT2D eigenvalue weighted by Gasteiger charge is 2.19. The van der Waals surface area contributed by atoms with E-state index in [0.29, 0.717) is 22.0 Å². The van der Waals surface area contributed by atoms with Crippen LogP contribution in [0.15, 0.2) is 79.1 Å². The highest BCUT2D eigenvalue weighted by Crippen LogP contribution is 2.30. The summed E-state index contributed by atoms with van der Waals surface area (Å²) in [6, 6.07) is 21.9. The van der Waals surface area contributed by atoms with Crippen LogP contribution in [0.2, 0.25) is 5.02 Å². The van der Waals surface area contributed by atoms with Crippen LogP contribution < -0.4 is 10.8 Å². The Kier molecular flexibility index (Phi) is 7.02. The first-order chi connectivity index (χ1) is 16.3. The fraction of sp³-hybridized carbons (Fsp3) is 0.120. The molecular weight excluding hydrogens is 453 g/mol. The Labute approximate surface area is 202 Å². The maximum absolute atomic E-state index is 12.6. The molecule has 0 aliphatic heterocycles. The van der Waals surface area contributed by atoms with Gasteiger partial charge in [-0.2, -0.15) is 0 Å². The van der Waals surface area contributed by atoms with Crippen LogP contribution in [0.3, 0.4) is 0 Å². The van der Waals surface area contributed by atoms with E-state index in [9.17, 15) is 14.8 Å². The predicted octanol–water partition coefficient (Wildman–Crippen LogP) is 4.40. The quantitative estimate of drug-likeness (QED) is 0.359. The minimum Gasteiger partial charge on any atom is -0.441 e. The van der Waals surface area contributed by atoms with Crippen LogP contribution in [0.4, 0.5) is 10.6 Å². The molecule has 0 radical (unpaired) electrons. The van der Waals surface area contributed by atoms with Gasteiger partial charge in [0.1, 0.15) is 17.6 Å². The van der Waals surface area contributed by atoms with Crippen LogP contribution in [-0.4, -0.2) is 32.8 Å². The van der Waals surface area contributed by atoms with E-state index in [1.165, 1.54) is 0 Å². The second kappa shape index (κ2) is 10.1. The van der Waals surface area contributed by atoms with Crippen molar-refractivity contribution in [1.82, 2.24) is 9.55 Å². The van der Waals surface area contributed by atoms with Gasteiger partial charge in [0.05, 0.1) is 6.33 Å². The molecule has 34 heavy (non-hydrogen) atoms. The summed E-state index contributed by atoms with van der Waals surface area (Å²) in [4.78, 5) is 17.0. The molecule has 1 aromatic heterocycles. The minimum atomic E-state index is -1.49. The molecule has 7 nitrogen and oxygen atoms in total. The summed E-state index contributed by atoms with van der Waals surface area (Å²) in [6.07, 6.45) is 0.484. The molecule has 0 aliphatic rings. The fourth-order valence-corrected chi connectivity index (χ4v) is 3.90. The van der Waals surface area contributed by atoms with Crippen LogP contribution in [-0.2, 0) is 11.8 Å². The molecule has 0 spiro atoms. The Hall–Kier alpha value is -3.59. The number of nitrogens with one attached hydrogen (secondary N) is 1. The van der Waals surface area contributed by atoms with Gasteiger partial charge in [-0.3, -0.25) is 5.32 Å². The largest absolute Gasteiger partial charge is 0.488 e. The Morgan fingerprint density at radius 2 is 1.59 bits per heavy atom. The number of ether oxygens (including phenoxy) is 1. The monoisotopic (exact) mass is 475 g/mol. The third kappa shape index (κ3) is 5.15. The number of nitrogens with zero attached hydrogens (tertiary/aromatic N) is 2. The maximum atomic E-state index is 12.6. The van der Waals surface area contributed by atoms with Crippen molar-refractivity contribution in [1.29, 1.82) is 0 Å². The summed E-state index contributed by atoms with van der Waals surface area (Å²) in [5.41, 5.74) is 4.48. The first-order valence-corrected chi connectivity index (χ1v) is 11.0. The Bertz CT molecular complexity index is 1290. The van der Waals surface area contributed by atoms with E-state index in [2.05, 4.69) is 10.3 Å². The van der Waals surface area contributed by atoms with E-state index in [1.807, 2.05) is 54.6 Å². The number of aryl methyl sites for hydroxylation is 1. The van der Waals surface area contributed by atoms with Crippen molar-refractivity contribution in [2.45, 2.75) is 13.0 Å². The SMILES string of the molecule is CC(OC(=O)Nc1c(-c2ccc(-c3ccc(B(O)O)cc3)cc2)ncn1C)c1ccccc1Cl. The zero-order chi connectivity index (χ0) is 24.2. The summed E-state index contributed by atoms with van der Waals surface area (Å²) in [6.45, 7) is 1.76. The molecule has 1 atom stereocenters. The molecule has 0 bridgehead atoms. The summed E-state index contributed by atoms with van der Waals surface area (Å²) >= 11 is 6.21. The van der Waals surface area contributed by atoms with Crippen LogP contribution in [0.25, 0.3) is 22.4 Å². The normalized spacial score (nSPS) is 11.7. The fourth-order valence-electron chi connectivity index (χ4n) is 3.61. The molecule has 9 heteroatoms. The Morgan fingerprint density at radius 1 is 1.00 bits per heavy atom. The van der Waals surface area contributed by atoms with Gasteiger partial charge in [-0.25, -0.2) is 9.78 Å². The van der Waals surface area contributed by atoms with Gasteiger partial charge in [0.2, 0.25) is 0 Å². The topological polar surface area (TPSA) is 96.6 Å². The van der Waals surface area contributed by atoms with E-state index >= 15 is 0 Å². The molecule has 172 valence electrons. The molecule has 1 unspecified atom stereocenters. The number of carbonyl (C=O) groups is 1. The number of amides is 1. The molecule has 3 N–H and O–H groups in total. The zero-order valence-corrected chi connectivity index (χ0v) is 19.4. The molecule has 0 saturated heterocycles. The molecule has 0 fully saturated rings. The number of rotatable bonds is 6. The van der Waals surface area contributed by atoms with E-state index in [1.54, 1.807) is 43.1 Å². The lowest BCUT2D eigenvalue weighted by Crippen LogP contribution is -2.29. The molecule has 4 rings (SSSR count). The van der Waals surface area contributed by atoms with Gasteiger partial charge < -0.3 is 19.4 Å². The van der Waals surface area contributed by atoms with Gasteiger partial charge in [0.25, 0.3) is 0 Å². The zero-order valence-electron chi connectivity index (χ0n) is 18.6. The average molecular weight is 476 g/mol. The van der Waals surface area contributed by atoms with Gasteiger partial charge >= 0.3 is 13.2 Å². The lowest BCUT2D eigenvalue weighted by molar-refractivity contribution is 0.121. The summed E-state index contributed by atoms with van der Waals surface area (Å²) in [7, 11) is 0.292. The molecule has 0 saturated carbocycles. The number of aromatic nitrogens is 2. The van der Waals surface area contributed by atoms with Gasteiger partial charge in [-0.15, -0.1) is 0 Å². The predicted molar refractivity (Wildman–Crippen MR) is 134 cm³/mol. The van der Waals surface area contributed by atoms with Crippen molar-refractivity contribution in [3.63, 3.8) is 0 Å². The maximum Gasteiger partial charge on any atom is 0.488 e. The minimum absolute atomic E-state index is 0.431. The average Bonchev–Trinajstić information content (AvgIpc) is 3.19. The molecule has 1 heterocycles. The first-order valence-electron chi connectivity index (χ1n) is 10.6. The molecule has 3 aromatic carbocycles. The van der Waals surface area contributed by atoms with Crippen LogP contribution in [0.1, 0.15) is 18.6 Å². The van der Waals surface area contributed by atoms with Crippen molar-refractivity contribution in [3.05, 3.63) is 89.7 Å². The summed E-state index contributed by atoms with van der Waals surface area (Å²) in [5.74, 6) is 0.505. The van der Waals surface area contributed by atoms with Gasteiger partial charge in [0, 0.05) is 23.2 Å². The highest BCUT2D eigenvalue weighted by molar-refractivity contribution is 6.58. The van der Waals surface area contributed by atoms with Gasteiger partial charge in [0.15, 0.2) is 0 Å². The van der Waals surface area contributed by atoms with Crippen LogP contribution in [0, 0.1) is 0 Å². The number of hydrogen-bond acceptors (Lipinski definition) is 5. The third-order valence-electron chi connectivity index (χ3n) is 5.49. The lowest BCUT2D eigenvalue weighted by Gasteiger charge is -2.16. The van der Waals surface area contributed by atoms with Gasteiger partial charge in [-0.05, 0) is 29.6 Å². The number of benzene rings is 3. The van der Waals surface area contributed by atoms with Crippen LogP contribution in [0.5, 0.6) is 0 Å². The van der Waals surface area contributed by atoms with Gasteiger partial charge in [-0.1, -0.05) is 78.3 Å². The number of hydrogen-bond donors (Lipinski definition) is 3. The first kappa shape index (κ1) is 23.6. The Balaban J connectivity index is 1.50. The second-order valence-electron chi connectivity index (χ2n) is 7.82. The molecule has 1 amide bonds. The number of carbonyl (C=O) groups excluding carboxylic acids is 1. The van der Waals surface area contributed by atoms with Crippen LogP contribution >= 0.6 is 11.6 Å². The lowest BCUT2D eigenvalue weighted by atomic mass is 9.80. The molecule has 0 aliphatic carbocycles. The van der Waals surface area contributed by atoms with E-state index in [-0.39, 0.29) is 0 Å². The van der Waals surface area contributed by atoms with Crippen molar-refractivity contribution < 1.29 is 19.6 Å². The van der Waals surface area contributed by atoms with Crippen molar-refractivity contribution in [3.8, 4) is 22.4 Å². The van der Waals surface area contributed by atoms with Crippen molar-refractivity contribution in [2.75, 3.05) is 5.32 Å². The molecule has 4 aromatic rings. The van der Waals surface area contributed by atoms with E-state index < -0.39 is 19.3 Å².